The van der Waals surface area contributed by atoms with Crippen molar-refractivity contribution in [2.45, 2.75) is 25.4 Å². The molecule has 1 aliphatic heterocycles. The number of likely N-dealkylation sites (tertiary alicyclic amines) is 1. The summed E-state index contributed by atoms with van der Waals surface area (Å²) in [5.74, 6) is 0. The van der Waals surface area contributed by atoms with Crippen LogP contribution in [-0.4, -0.2) is 40.6 Å². The number of nitrogens with zero attached hydrogens (tertiary/aromatic N) is 3. The van der Waals surface area contributed by atoms with Crippen LogP contribution < -0.4 is 5.32 Å². The SMILES string of the molecule is CNC1CCN(Cc2ccc(-n3ccnc3)cc2)CC1. The van der Waals surface area contributed by atoms with E-state index in [1.54, 1.807) is 6.20 Å². The van der Waals surface area contributed by atoms with Crippen LogP contribution >= 0.6 is 0 Å². The van der Waals surface area contributed by atoms with E-state index < -0.39 is 0 Å². The highest BCUT2D eigenvalue weighted by atomic mass is 15.1. The van der Waals surface area contributed by atoms with Gasteiger partial charge >= 0.3 is 0 Å². The smallest absolute Gasteiger partial charge is 0.0991 e. The van der Waals surface area contributed by atoms with Crippen molar-refractivity contribution < 1.29 is 0 Å². The maximum Gasteiger partial charge on any atom is 0.0991 e. The van der Waals surface area contributed by atoms with E-state index in [-0.39, 0.29) is 0 Å². The Kier molecular flexibility index (Phi) is 4.14. The summed E-state index contributed by atoms with van der Waals surface area (Å²) in [7, 11) is 2.06. The minimum atomic E-state index is 0.704. The fourth-order valence-electron chi connectivity index (χ4n) is 2.82. The topological polar surface area (TPSA) is 33.1 Å². The third-order valence-corrected chi connectivity index (χ3v) is 4.14. The Bertz CT molecular complexity index is 510. The lowest BCUT2D eigenvalue weighted by atomic mass is 10.0. The van der Waals surface area contributed by atoms with Crippen molar-refractivity contribution >= 4 is 0 Å². The lowest BCUT2D eigenvalue weighted by Crippen LogP contribution is -2.40. The van der Waals surface area contributed by atoms with Crippen molar-refractivity contribution in [2.75, 3.05) is 20.1 Å². The molecule has 1 saturated heterocycles. The summed E-state index contributed by atoms with van der Waals surface area (Å²) >= 11 is 0. The zero-order valence-corrected chi connectivity index (χ0v) is 12.0. The number of hydrogen-bond donors (Lipinski definition) is 1. The first-order chi connectivity index (χ1) is 9.85. The first-order valence-corrected chi connectivity index (χ1v) is 7.32. The van der Waals surface area contributed by atoms with Gasteiger partial charge in [-0.25, -0.2) is 4.98 Å². The fourth-order valence-corrected chi connectivity index (χ4v) is 2.82. The second kappa shape index (κ2) is 6.20. The molecule has 106 valence electrons. The van der Waals surface area contributed by atoms with Gasteiger partial charge in [0.05, 0.1) is 6.33 Å². The number of nitrogens with one attached hydrogen (secondary N) is 1. The number of piperidine rings is 1. The molecule has 0 unspecified atom stereocenters. The predicted octanol–water partition coefficient (Wildman–Crippen LogP) is 2.06. The van der Waals surface area contributed by atoms with E-state index in [1.807, 2.05) is 17.1 Å². The van der Waals surface area contributed by atoms with Crippen LogP contribution in [0.3, 0.4) is 0 Å². The van der Waals surface area contributed by atoms with Crippen LogP contribution in [0.15, 0.2) is 43.0 Å². The molecular formula is C16H22N4. The normalized spacial score (nSPS) is 17.4. The summed E-state index contributed by atoms with van der Waals surface area (Å²) in [6.45, 7) is 3.43. The van der Waals surface area contributed by atoms with Gasteiger partial charge in [0.15, 0.2) is 0 Å². The van der Waals surface area contributed by atoms with Crippen LogP contribution in [0.2, 0.25) is 0 Å². The number of benzene rings is 1. The monoisotopic (exact) mass is 270 g/mol. The molecule has 3 rings (SSSR count). The zero-order chi connectivity index (χ0) is 13.8. The quantitative estimate of drug-likeness (QED) is 0.923. The van der Waals surface area contributed by atoms with Crippen molar-refractivity contribution in [1.29, 1.82) is 0 Å². The first kappa shape index (κ1) is 13.3. The standard InChI is InChI=1S/C16H22N4/c1-17-15-6-9-19(10-7-15)12-14-2-4-16(5-3-14)20-11-8-18-13-20/h2-5,8,11,13,15,17H,6-7,9-10,12H2,1H3. The van der Waals surface area contributed by atoms with Gasteiger partial charge in [-0.15, -0.1) is 0 Å². The van der Waals surface area contributed by atoms with Crippen molar-refractivity contribution in [3.05, 3.63) is 48.5 Å². The molecule has 1 fully saturated rings. The maximum absolute atomic E-state index is 4.08. The molecule has 0 saturated carbocycles. The molecule has 0 amide bonds. The molecule has 20 heavy (non-hydrogen) atoms. The summed E-state index contributed by atoms with van der Waals surface area (Å²) in [5.41, 5.74) is 2.55. The summed E-state index contributed by atoms with van der Waals surface area (Å²) in [6.07, 6.45) is 8.11. The summed E-state index contributed by atoms with van der Waals surface area (Å²) in [4.78, 5) is 6.62. The molecule has 1 aliphatic rings. The number of aromatic nitrogens is 2. The van der Waals surface area contributed by atoms with Crippen molar-refractivity contribution in [3.63, 3.8) is 0 Å². The molecule has 2 aromatic rings. The molecule has 1 N–H and O–H groups in total. The van der Waals surface area contributed by atoms with Gasteiger partial charge in [-0.05, 0) is 50.7 Å². The molecular weight excluding hydrogens is 248 g/mol. The molecule has 1 aromatic heterocycles. The van der Waals surface area contributed by atoms with Crippen molar-refractivity contribution in [1.82, 2.24) is 19.8 Å². The molecule has 0 aliphatic carbocycles. The highest BCUT2D eigenvalue weighted by Gasteiger charge is 2.17. The lowest BCUT2D eigenvalue weighted by molar-refractivity contribution is 0.194. The van der Waals surface area contributed by atoms with E-state index in [2.05, 4.69) is 46.5 Å². The van der Waals surface area contributed by atoms with E-state index >= 15 is 0 Å². The minimum absolute atomic E-state index is 0.704. The third-order valence-electron chi connectivity index (χ3n) is 4.14. The molecule has 0 radical (unpaired) electrons. The van der Waals surface area contributed by atoms with Gasteiger partial charge in [0.1, 0.15) is 0 Å². The fraction of sp³-hybridized carbons (Fsp3) is 0.438. The average molecular weight is 270 g/mol. The van der Waals surface area contributed by atoms with Gasteiger partial charge in [0, 0.05) is 30.7 Å². The molecule has 4 nitrogen and oxygen atoms in total. The number of hydrogen-bond acceptors (Lipinski definition) is 3. The van der Waals surface area contributed by atoms with Crippen LogP contribution in [0.25, 0.3) is 5.69 Å². The van der Waals surface area contributed by atoms with Gasteiger partial charge in [-0.1, -0.05) is 12.1 Å². The Morgan fingerprint density at radius 3 is 2.55 bits per heavy atom. The van der Waals surface area contributed by atoms with Gasteiger partial charge in [-0.3, -0.25) is 4.90 Å². The van der Waals surface area contributed by atoms with E-state index in [0.717, 1.165) is 6.54 Å². The van der Waals surface area contributed by atoms with E-state index in [4.69, 9.17) is 0 Å². The van der Waals surface area contributed by atoms with Crippen LogP contribution in [0.5, 0.6) is 0 Å². The summed E-state index contributed by atoms with van der Waals surface area (Å²) in [5, 5.41) is 3.38. The van der Waals surface area contributed by atoms with Crippen LogP contribution in [0.1, 0.15) is 18.4 Å². The van der Waals surface area contributed by atoms with Gasteiger partial charge in [0.25, 0.3) is 0 Å². The molecule has 0 atom stereocenters. The summed E-state index contributed by atoms with van der Waals surface area (Å²) < 4.78 is 2.03. The Morgan fingerprint density at radius 1 is 1.20 bits per heavy atom. The van der Waals surface area contributed by atoms with Gasteiger partial charge in [-0.2, -0.15) is 0 Å². The number of imidazole rings is 1. The van der Waals surface area contributed by atoms with Gasteiger partial charge in [0.2, 0.25) is 0 Å². The predicted molar refractivity (Wildman–Crippen MR) is 80.9 cm³/mol. The highest BCUT2D eigenvalue weighted by molar-refractivity contribution is 5.34. The van der Waals surface area contributed by atoms with E-state index in [9.17, 15) is 0 Å². The molecule has 2 heterocycles. The van der Waals surface area contributed by atoms with Crippen molar-refractivity contribution in [2.24, 2.45) is 0 Å². The Hall–Kier alpha value is -1.65. The second-order valence-electron chi connectivity index (χ2n) is 5.48. The zero-order valence-electron chi connectivity index (χ0n) is 12.0. The Labute approximate surface area is 120 Å². The average Bonchev–Trinajstić information content (AvgIpc) is 3.03. The van der Waals surface area contributed by atoms with Crippen LogP contribution in [-0.2, 0) is 6.54 Å². The Balaban J connectivity index is 1.59. The third kappa shape index (κ3) is 3.08. The van der Waals surface area contributed by atoms with Gasteiger partial charge < -0.3 is 9.88 Å². The van der Waals surface area contributed by atoms with E-state index in [1.165, 1.54) is 37.2 Å². The molecule has 1 aromatic carbocycles. The van der Waals surface area contributed by atoms with Crippen molar-refractivity contribution in [3.8, 4) is 5.69 Å². The second-order valence-corrected chi connectivity index (χ2v) is 5.48. The molecule has 0 spiro atoms. The minimum Gasteiger partial charge on any atom is -0.317 e. The largest absolute Gasteiger partial charge is 0.317 e. The first-order valence-electron chi connectivity index (χ1n) is 7.32. The van der Waals surface area contributed by atoms with Crippen LogP contribution in [0, 0.1) is 0 Å². The van der Waals surface area contributed by atoms with E-state index in [0.29, 0.717) is 6.04 Å². The maximum atomic E-state index is 4.08. The Morgan fingerprint density at radius 2 is 1.95 bits per heavy atom. The van der Waals surface area contributed by atoms with Crippen LogP contribution in [0.4, 0.5) is 0 Å². The number of rotatable bonds is 4. The molecule has 4 heteroatoms. The summed E-state index contributed by atoms with van der Waals surface area (Å²) in [6, 6.07) is 9.48. The molecule has 0 bridgehead atoms. The lowest BCUT2D eigenvalue weighted by Gasteiger charge is -2.31. The highest BCUT2D eigenvalue weighted by Crippen LogP contribution is 2.15.